The third-order valence-corrected chi connectivity index (χ3v) is 5.72. The Labute approximate surface area is 190 Å². The zero-order chi connectivity index (χ0) is 23.5. The van der Waals surface area contributed by atoms with Gasteiger partial charge in [-0.2, -0.15) is 0 Å². The van der Waals surface area contributed by atoms with Crippen LogP contribution in [0.4, 0.5) is 4.39 Å². The molecular formula is C25H24FNO6. The predicted octanol–water partition coefficient (Wildman–Crippen LogP) is 3.88. The summed E-state index contributed by atoms with van der Waals surface area (Å²) >= 11 is 0. The van der Waals surface area contributed by atoms with E-state index in [0.717, 1.165) is 5.56 Å². The van der Waals surface area contributed by atoms with Gasteiger partial charge in [0.15, 0.2) is 17.3 Å². The van der Waals surface area contributed by atoms with Gasteiger partial charge < -0.3 is 24.7 Å². The van der Waals surface area contributed by atoms with Crippen molar-refractivity contribution in [3.63, 3.8) is 0 Å². The van der Waals surface area contributed by atoms with E-state index in [0.29, 0.717) is 47.7 Å². The molecule has 0 bridgehead atoms. The Morgan fingerprint density at radius 3 is 2.58 bits per heavy atom. The lowest BCUT2D eigenvalue weighted by Gasteiger charge is -2.32. The molecule has 1 atom stereocenters. The van der Waals surface area contributed by atoms with Gasteiger partial charge in [-0.05, 0) is 41.8 Å². The second-order valence-corrected chi connectivity index (χ2v) is 7.74. The molecule has 0 saturated carbocycles. The maximum Gasteiger partial charge on any atom is 0.340 e. The minimum atomic E-state index is -0.742. The molecule has 2 aromatic carbocycles. The molecule has 0 unspecified atom stereocenters. The summed E-state index contributed by atoms with van der Waals surface area (Å²) in [6.07, 6.45) is 1.58. The van der Waals surface area contributed by atoms with Crippen molar-refractivity contribution in [1.82, 2.24) is 0 Å². The Kier molecular flexibility index (Phi) is 6.35. The Morgan fingerprint density at radius 1 is 1.12 bits per heavy atom. The number of Topliss-reactive ketones (excluding diaryl/α,β-unsaturated/α-hetero) is 1. The molecule has 1 aliphatic carbocycles. The monoisotopic (exact) mass is 453 g/mol. The van der Waals surface area contributed by atoms with E-state index in [-0.39, 0.29) is 29.7 Å². The van der Waals surface area contributed by atoms with Gasteiger partial charge in [0.2, 0.25) is 5.88 Å². The number of rotatable bonds is 6. The van der Waals surface area contributed by atoms with Gasteiger partial charge in [0, 0.05) is 18.4 Å². The van der Waals surface area contributed by atoms with Crippen LogP contribution in [0.1, 0.15) is 36.3 Å². The maximum atomic E-state index is 13.1. The van der Waals surface area contributed by atoms with Crippen molar-refractivity contribution in [2.45, 2.75) is 31.8 Å². The first kappa shape index (κ1) is 22.4. The molecule has 8 heteroatoms. The maximum absolute atomic E-state index is 13.1. The molecule has 0 radical (unpaired) electrons. The average molecular weight is 453 g/mol. The Hall–Kier alpha value is -3.81. The highest BCUT2D eigenvalue weighted by Crippen LogP contribution is 2.45. The van der Waals surface area contributed by atoms with E-state index in [1.807, 2.05) is 0 Å². The SMILES string of the molecule is COC(=O)C1=C(N)OC2=C(C(=O)CCC2)[C@H]1c1ccc(OCc2ccc(F)cc2)c(OC)c1. The molecule has 2 N–H and O–H groups in total. The summed E-state index contributed by atoms with van der Waals surface area (Å²) in [7, 11) is 2.75. The zero-order valence-corrected chi connectivity index (χ0v) is 18.4. The van der Waals surface area contributed by atoms with Gasteiger partial charge in [0.25, 0.3) is 0 Å². The van der Waals surface area contributed by atoms with Crippen LogP contribution in [0.15, 0.2) is 65.3 Å². The van der Waals surface area contributed by atoms with E-state index in [1.165, 1.54) is 26.4 Å². The summed E-state index contributed by atoms with van der Waals surface area (Å²) in [6, 6.07) is 11.2. The number of ketones is 1. The molecule has 0 spiro atoms. The van der Waals surface area contributed by atoms with Gasteiger partial charge >= 0.3 is 5.97 Å². The van der Waals surface area contributed by atoms with Crippen molar-refractivity contribution in [3.8, 4) is 11.5 Å². The molecule has 0 saturated heterocycles. The molecule has 4 rings (SSSR count). The number of ether oxygens (including phenoxy) is 4. The number of nitrogens with two attached hydrogens (primary N) is 1. The molecule has 33 heavy (non-hydrogen) atoms. The number of carbonyl (C=O) groups is 2. The lowest BCUT2D eigenvalue weighted by Crippen LogP contribution is -2.31. The number of esters is 1. The van der Waals surface area contributed by atoms with E-state index >= 15 is 0 Å². The molecular weight excluding hydrogens is 429 g/mol. The normalized spacial score (nSPS) is 17.9. The van der Waals surface area contributed by atoms with Gasteiger partial charge in [-0.15, -0.1) is 0 Å². The van der Waals surface area contributed by atoms with Crippen LogP contribution in [0.2, 0.25) is 0 Å². The lowest BCUT2D eigenvalue weighted by atomic mass is 9.77. The Bertz CT molecular complexity index is 1150. The number of benzene rings is 2. The van der Waals surface area contributed by atoms with Crippen molar-refractivity contribution in [2.75, 3.05) is 14.2 Å². The predicted molar refractivity (Wildman–Crippen MR) is 117 cm³/mol. The highest BCUT2D eigenvalue weighted by atomic mass is 19.1. The molecule has 1 aliphatic heterocycles. The summed E-state index contributed by atoms with van der Waals surface area (Å²) in [6.45, 7) is 0.210. The second-order valence-electron chi connectivity index (χ2n) is 7.74. The highest BCUT2D eigenvalue weighted by Gasteiger charge is 2.41. The summed E-state index contributed by atoms with van der Waals surface area (Å²) < 4.78 is 35.1. The highest BCUT2D eigenvalue weighted by molar-refractivity contribution is 6.03. The number of allylic oxidation sites excluding steroid dienone is 2. The zero-order valence-electron chi connectivity index (χ0n) is 18.4. The fraction of sp³-hybridized carbons (Fsp3) is 0.280. The topological polar surface area (TPSA) is 97.1 Å². The number of halogens is 1. The molecule has 7 nitrogen and oxygen atoms in total. The van der Waals surface area contributed by atoms with Crippen molar-refractivity contribution >= 4 is 11.8 Å². The fourth-order valence-electron chi connectivity index (χ4n) is 4.12. The first-order valence-electron chi connectivity index (χ1n) is 10.5. The Morgan fingerprint density at radius 2 is 1.88 bits per heavy atom. The van der Waals surface area contributed by atoms with Gasteiger partial charge in [0.05, 0.1) is 20.1 Å². The first-order chi connectivity index (χ1) is 15.9. The van der Waals surface area contributed by atoms with Crippen LogP contribution in [0, 0.1) is 5.82 Å². The average Bonchev–Trinajstić information content (AvgIpc) is 2.82. The van der Waals surface area contributed by atoms with Crippen LogP contribution in [-0.2, 0) is 25.7 Å². The van der Waals surface area contributed by atoms with Crippen molar-refractivity contribution in [3.05, 3.63) is 82.2 Å². The third kappa shape index (κ3) is 4.41. The van der Waals surface area contributed by atoms with E-state index in [9.17, 15) is 14.0 Å². The van der Waals surface area contributed by atoms with E-state index in [2.05, 4.69) is 0 Å². The van der Waals surface area contributed by atoms with Crippen molar-refractivity contribution in [2.24, 2.45) is 5.73 Å². The molecule has 0 aromatic heterocycles. The smallest absolute Gasteiger partial charge is 0.340 e. The molecule has 172 valence electrons. The van der Waals surface area contributed by atoms with Crippen LogP contribution < -0.4 is 15.2 Å². The molecule has 0 amide bonds. The van der Waals surface area contributed by atoms with Crippen LogP contribution >= 0.6 is 0 Å². The minimum Gasteiger partial charge on any atom is -0.493 e. The third-order valence-electron chi connectivity index (χ3n) is 5.72. The second kappa shape index (κ2) is 9.36. The standard InChI is InChI=1S/C25H24FNO6/c1-30-20-12-15(8-11-18(20)32-13-14-6-9-16(26)10-7-14)21-22-17(28)4-3-5-19(22)33-24(27)23(21)25(29)31-2/h6-12,21H,3-5,13,27H2,1-2H3/t21-/m1/s1. The summed E-state index contributed by atoms with van der Waals surface area (Å²) in [5.74, 6) is -0.546. The van der Waals surface area contributed by atoms with Crippen LogP contribution in [-0.4, -0.2) is 26.0 Å². The molecule has 2 aromatic rings. The molecule has 1 heterocycles. The van der Waals surface area contributed by atoms with Crippen LogP contribution in [0.3, 0.4) is 0 Å². The largest absolute Gasteiger partial charge is 0.493 e. The van der Waals surface area contributed by atoms with Gasteiger partial charge in [-0.1, -0.05) is 18.2 Å². The summed E-state index contributed by atoms with van der Waals surface area (Å²) in [4.78, 5) is 25.4. The first-order valence-corrected chi connectivity index (χ1v) is 10.5. The molecule has 2 aliphatic rings. The van der Waals surface area contributed by atoms with E-state index in [4.69, 9.17) is 24.7 Å². The number of hydrogen-bond acceptors (Lipinski definition) is 7. The van der Waals surface area contributed by atoms with E-state index in [1.54, 1.807) is 30.3 Å². The Balaban J connectivity index is 1.71. The van der Waals surface area contributed by atoms with Gasteiger partial charge in [-0.3, -0.25) is 4.79 Å². The van der Waals surface area contributed by atoms with Crippen molar-refractivity contribution < 1.29 is 32.9 Å². The van der Waals surface area contributed by atoms with Crippen molar-refractivity contribution in [1.29, 1.82) is 0 Å². The quantitative estimate of drug-likeness (QED) is 0.663. The number of hydrogen-bond donors (Lipinski definition) is 1. The summed E-state index contributed by atoms with van der Waals surface area (Å²) in [5.41, 5.74) is 7.99. The number of carbonyl (C=O) groups excluding carboxylic acids is 2. The molecule has 0 fully saturated rings. The fourth-order valence-corrected chi connectivity index (χ4v) is 4.12. The minimum absolute atomic E-state index is 0.0732. The van der Waals surface area contributed by atoms with Gasteiger partial charge in [0.1, 0.15) is 23.8 Å². The number of methoxy groups -OCH3 is 2. The van der Waals surface area contributed by atoms with Crippen LogP contribution in [0.5, 0.6) is 11.5 Å². The summed E-state index contributed by atoms with van der Waals surface area (Å²) in [5, 5.41) is 0. The lowest BCUT2D eigenvalue weighted by molar-refractivity contribution is -0.136. The van der Waals surface area contributed by atoms with Crippen LogP contribution in [0.25, 0.3) is 0 Å². The van der Waals surface area contributed by atoms with Gasteiger partial charge in [-0.25, -0.2) is 9.18 Å². The van der Waals surface area contributed by atoms with E-state index < -0.39 is 11.9 Å².